The molecule has 30 heavy (non-hydrogen) atoms. The smallest absolute Gasteiger partial charge is 0.287 e. The summed E-state index contributed by atoms with van der Waals surface area (Å²) >= 11 is 3.45. The number of para-hydroxylation sites is 1. The normalized spacial score (nSPS) is 15.4. The van der Waals surface area contributed by atoms with Gasteiger partial charge in [-0.05, 0) is 53.4 Å². The Hall–Kier alpha value is -2.64. The molecule has 0 saturated heterocycles. The Kier molecular flexibility index (Phi) is 5.42. The molecule has 7 heteroatoms. The van der Waals surface area contributed by atoms with Gasteiger partial charge in [0.15, 0.2) is 0 Å². The Morgan fingerprint density at radius 3 is 2.30 bits per heavy atom. The molecule has 0 saturated carbocycles. The third-order valence-electron chi connectivity index (χ3n) is 5.10. The minimum Gasteiger partial charge on any atom is -0.287 e. The highest BCUT2D eigenvalue weighted by Gasteiger charge is 2.42. The highest BCUT2D eigenvalue weighted by molar-refractivity contribution is 9.10. The van der Waals surface area contributed by atoms with Crippen LogP contribution in [0.3, 0.4) is 0 Å². The zero-order valence-electron chi connectivity index (χ0n) is 16.6. The molecule has 0 aliphatic carbocycles. The molecule has 3 aromatic carbocycles. The number of carbonyl (C=O) groups is 1. The number of benzene rings is 3. The van der Waals surface area contributed by atoms with Crippen LogP contribution in [0.1, 0.15) is 30.9 Å². The molecule has 0 N–H and O–H groups in total. The predicted molar refractivity (Wildman–Crippen MR) is 122 cm³/mol. The molecular formula is C23H21BrN2O3S. The van der Waals surface area contributed by atoms with Crippen molar-refractivity contribution in [3.63, 3.8) is 0 Å². The van der Waals surface area contributed by atoms with Gasteiger partial charge in [-0.25, -0.2) is 13.2 Å². The maximum absolute atomic E-state index is 13.5. The number of carbonyl (C=O) groups excluding carboxylic acids is 1. The van der Waals surface area contributed by atoms with E-state index in [0.717, 1.165) is 19.9 Å². The number of rotatable bonds is 4. The van der Waals surface area contributed by atoms with Crippen molar-refractivity contribution in [3.8, 4) is 0 Å². The quantitative estimate of drug-likeness (QED) is 0.462. The molecule has 5 nitrogen and oxygen atoms in total. The molecule has 1 aliphatic rings. The Labute approximate surface area is 185 Å². The van der Waals surface area contributed by atoms with Gasteiger partial charge >= 0.3 is 6.03 Å². The van der Waals surface area contributed by atoms with E-state index in [1.807, 2.05) is 36.4 Å². The van der Waals surface area contributed by atoms with E-state index in [1.54, 1.807) is 36.4 Å². The van der Waals surface area contributed by atoms with Crippen molar-refractivity contribution in [2.45, 2.75) is 31.2 Å². The van der Waals surface area contributed by atoms with Gasteiger partial charge in [0.1, 0.15) is 4.90 Å². The van der Waals surface area contributed by atoms with Crippen LogP contribution in [0.5, 0.6) is 0 Å². The van der Waals surface area contributed by atoms with Gasteiger partial charge in [0.05, 0.1) is 17.9 Å². The molecule has 0 bridgehead atoms. The van der Waals surface area contributed by atoms with Crippen molar-refractivity contribution in [1.82, 2.24) is 0 Å². The first-order valence-corrected chi connectivity index (χ1v) is 11.8. The predicted octanol–water partition coefficient (Wildman–Crippen LogP) is 5.91. The summed E-state index contributed by atoms with van der Waals surface area (Å²) in [7, 11) is -4.02. The number of amides is 2. The minimum atomic E-state index is -4.02. The topological polar surface area (TPSA) is 57.7 Å². The average Bonchev–Trinajstić information content (AvgIpc) is 2.71. The summed E-state index contributed by atoms with van der Waals surface area (Å²) in [6.07, 6.45) is 0. The van der Waals surface area contributed by atoms with Gasteiger partial charge in [-0.1, -0.05) is 66.2 Å². The van der Waals surface area contributed by atoms with E-state index in [4.69, 9.17) is 0 Å². The van der Waals surface area contributed by atoms with E-state index >= 15 is 0 Å². The molecule has 1 heterocycles. The van der Waals surface area contributed by atoms with Crippen molar-refractivity contribution >= 4 is 43.4 Å². The number of nitrogens with zero attached hydrogens (tertiary/aromatic N) is 2. The van der Waals surface area contributed by atoms with Crippen LogP contribution in [0.2, 0.25) is 0 Å². The third kappa shape index (κ3) is 3.63. The van der Waals surface area contributed by atoms with E-state index in [9.17, 15) is 13.2 Å². The molecule has 4 rings (SSSR count). The molecule has 0 atom stereocenters. The molecular weight excluding hydrogens is 464 g/mol. The molecule has 2 amide bonds. The molecule has 0 spiro atoms. The van der Waals surface area contributed by atoms with Crippen molar-refractivity contribution in [2.75, 3.05) is 9.21 Å². The average molecular weight is 485 g/mol. The lowest BCUT2D eigenvalue weighted by Crippen LogP contribution is -2.50. The first-order valence-electron chi connectivity index (χ1n) is 9.59. The van der Waals surface area contributed by atoms with Crippen molar-refractivity contribution in [3.05, 3.63) is 88.4 Å². The Balaban J connectivity index is 1.83. The van der Waals surface area contributed by atoms with E-state index in [0.29, 0.717) is 17.3 Å². The Morgan fingerprint density at radius 1 is 0.933 bits per heavy atom. The van der Waals surface area contributed by atoms with E-state index in [2.05, 4.69) is 29.8 Å². The second kappa shape index (κ2) is 7.89. The van der Waals surface area contributed by atoms with Crippen LogP contribution in [0.25, 0.3) is 0 Å². The summed E-state index contributed by atoms with van der Waals surface area (Å²) in [6.45, 7) is 4.38. The SMILES string of the molecule is CC(C)c1ccc(N2C(=O)N(Cc3cccc(Br)c3)c3ccccc3S2(=O)=O)cc1. The van der Waals surface area contributed by atoms with Crippen LogP contribution in [0.15, 0.2) is 82.2 Å². The summed E-state index contributed by atoms with van der Waals surface area (Å²) in [5.41, 5.74) is 2.68. The number of sulfonamides is 1. The van der Waals surface area contributed by atoms with E-state index in [1.165, 1.54) is 4.90 Å². The monoisotopic (exact) mass is 484 g/mol. The molecule has 154 valence electrons. The van der Waals surface area contributed by atoms with Gasteiger partial charge in [0, 0.05) is 4.47 Å². The zero-order chi connectivity index (χ0) is 21.5. The number of halogens is 1. The van der Waals surface area contributed by atoms with Crippen LogP contribution in [0.4, 0.5) is 16.2 Å². The summed E-state index contributed by atoms with van der Waals surface area (Å²) in [6, 6.07) is 20.8. The molecule has 0 aromatic heterocycles. The van der Waals surface area contributed by atoms with Crippen LogP contribution in [0, 0.1) is 0 Å². The highest BCUT2D eigenvalue weighted by atomic mass is 79.9. The van der Waals surface area contributed by atoms with Crippen LogP contribution in [-0.2, 0) is 16.6 Å². The number of anilines is 2. The van der Waals surface area contributed by atoms with E-state index in [-0.39, 0.29) is 11.4 Å². The van der Waals surface area contributed by atoms with Crippen LogP contribution >= 0.6 is 15.9 Å². The number of urea groups is 1. The number of hydrogen-bond donors (Lipinski definition) is 0. The number of fused-ring (bicyclic) bond motifs is 1. The van der Waals surface area contributed by atoms with Crippen molar-refractivity contribution in [2.24, 2.45) is 0 Å². The lowest BCUT2D eigenvalue weighted by Gasteiger charge is -2.36. The van der Waals surface area contributed by atoms with Gasteiger partial charge < -0.3 is 0 Å². The molecule has 0 fully saturated rings. The van der Waals surface area contributed by atoms with E-state index < -0.39 is 16.1 Å². The summed E-state index contributed by atoms with van der Waals surface area (Å²) < 4.78 is 28.5. The Morgan fingerprint density at radius 2 is 1.63 bits per heavy atom. The highest BCUT2D eigenvalue weighted by Crippen LogP contribution is 2.38. The largest absolute Gasteiger partial charge is 0.343 e. The first kappa shape index (κ1) is 20.6. The van der Waals surface area contributed by atoms with Gasteiger partial charge in [-0.3, -0.25) is 4.90 Å². The number of hydrogen-bond acceptors (Lipinski definition) is 3. The van der Waals surface area contributed by atoms with Gasteiger partial charge in [0.25, 0.3) is 10.0 Å². The maximum Gasteiger partial charge on any atom is 0.343 e. The summed E-state index contributed by atoms with van der Waals surface area (Å²) in [5, 5.41) is 0. The van der Waals surface area contributed by atoms with Crippen LogP contribution in [-0.4, -0.2) is 14.4 Å². The van der Waals surface area contributed by atoms with Gasteiger partial charge in [-0.2, -0.15) is 4.31 Å². The fraction of sp³-hybridized carbons (Fsp3) is 0.174. The maximum atomic E-state index is 13.5. The molecule has 0 unspecified atom stereocenters. The van der Waals surface area contributed by atoms with Crippen LogP contribution < -0.4 is 9.21 Å². The molecule has 0 radical (unpaired) electrons. The minimum absolute atomic E-state index is 0.118. The third-order valence-corrected chi connectivity index (χ3v) is 7.34. The van der Waals surface area contributed by atoms with Crippen molar-refractivity contribution < 1.29 is 13.2 Å². The van der Waals surface area contributed by atoms with Crippen molar-refractivity contribution in [1.29, 1.82) is 0 Å². The van der Waals surface area contributed by atoms with Gasteiger partial charge in [0.2, 0.25) is 0 Å². The standard InChI is InChI=1S/C23H21BrN2O3S/c1-16(2)18-10-12-20(13-11-18)26-23(27)25(15-17-6-5-7-19(24)14-17)21-8-3-4-9-22(21)30(26,28)29/h3-14,16H,15H2,1-2H3. The fourth-order valence-corrected chi connectivity index (χ4v) is 5.57. The molecule has 1 aliphatic heterocycles. The second-order valence-corrected chi connectivity index (χ2v) is 10.2. The first-order chi connectivity index (χ1) is 14.3. The second-order valence-electron chi connectivity index (χ2n) is 7.48. The Bertz CT molecular complexity index is 1210. The zero-order valence-corrected chi connectivity index (χ0v) is 19.0. The summed E-state index contributed by atoms with van der Waals surface area (Å²) in [4.78, 5) is 15.1. The lowest BCUT2D eigenvalue weighted by atomic mass is 10.0. The fourth-order valence-electron chi connectivity index (χ4n) is 3.53. The summed E-state index contributed by atoms with van der Waals surface area (Å²) in [5.74, 6) is 0.307. The molecule has 3 aromatic rings. The van der Waals surface area contributed by atoms with Gasteiger partial charge in [-0.15, -0.1) is 0 Å². The lowest BCUT2D eigenvalue weighted by molar-refractivity contribution is 0.253.